The van der Waals surface area contributed by atoms with Crippen LogP contribution in [0.3, 0.4) is 0 Å². The molecule has 2 aliphatic rings. The van der Waals surface area contributed by atoms with Crippen LogP contribution in [0.25, 0.3) is 11.5 Å². The number of cyclic esters (lactones) is 1. The second-order valence-electron chi connectivity index (χ2n) is 8.28. The molecule has 1 N–H and O–H groups in total. The highest BCUT2D eigenvalue weighted by atomic mass is 32.1. The van der Waals surface area contributed by atoms with Gasteiger partial charge in [-0.25, -0.2) is 24.1 Å². The van der Waals surface area contributed by atoms with Crippen molar-refractivity contribution >= 4 is 34.7 Å². The maximum Gasteiger partial charge on any atom is 0.414 e. The van der Waals surface area contributed by atoms with Gasteiger partial charge < -0.3 is 15.0 Å². The zero-order chi connectivity index (χ0) is 23.8. The van der Waals surface area contributed by atoms with E-state index < -0.39 is 18.0 Å². The molecule has 2 aliphatic heterocycles. The molecule has 34 heavy (non-hydrogen) atoms. The minimum atomic E-state index is -0.558. The first-order valence-electron chi connectivity index (χ1n) is 10.9. The SMILES string of the molecule is CC(=O)NC[C@H]1CN(c2ccc(N3CCc4nc(-c5csc(C)n5)ncc4C3)c(F)c2)C(=O)O1. The molecule has 1 fully saturated rings. The Kier molecular flexibility index (Phi) is 5.86. The number of hydrogen-bond donors (Lipinski definition) is 1. The van der Waals surface area contributed by atoms with Crippen LogP contribution in [0.5, 0.6) is 0 Å². The number of halogens is 1. The molecule has 0 bridgehead atoms. The molecule has 0 radical (unpaired) electrons. The third-order valence-electron chi connectivity index (χ3n) is 5.82. The molecule has 0 saturated carbocycles. The van der Waals surface area contributed by atoms with E-state index in [0.717, 1.165) is 22.0 Å². The number of rotatable bonds is 5. The number of carbonyl (C=O) groups is 2. The standard InChI is InChI=1S/C23H23FN6O3S/c1-13(31)25-9-17-11-30(23(32)33-17)16-3-4-21(18(24)7-16)29-6-5-19-15(10-29)8-26-22(28-19)20-12-34-14(2)27-20/h3-4,7-8,12,17H,5-6,9-11H2,1-2H3,(H,25,31)/t17-/m0/s1. The topological polar surface area (TPSA) is 101 Å². The number of fused-ring (bicyclic) bond motifs is 1. The van der Waals surface area contributed by atoms with Gasteiger partial charge in [0.05, 0.1) is 35.2 Å². The smallest absolute Gasteiger partial charge is 0.414 e. The molecular formula is C23H23FN6O3S. The molecule has 11 heteroatoms. The second kappa shape index (κ2) is 8.98. The van der Waals surface area contributed by atoms with Crippen LogP contribution in [0.1, 0.15) is 23.2 Å². The van der Waals surface area contributed by atoms with Crippen LogP contribution in [-0.2, 0) is 22.5 Å². The van der Waals surface area contributed by atoms with Crippen LogP contribution < -0.4 is 15.1 Å². The molecule has 3 aromatic rings. The molecule has 2 amide bonds. The molecule has 1 atom stereocenters. The van der Waals surface area contributed by atoms with Crippen molar-refractivity contribution in [1.29, 1.82) is 0 Å². The lowest BCUT2D eigenvalue weighted by Gasteiger charge is -2.30. The van der Waals surface area contributed by atoms with Crippen molar-refractivity contribution in [3.05, 3.63) is 51.9 Å². The number of thiazole rings is 1. The molecule has 0 spiro atoms. The summed E-state index contributed by atoms with van der Waals surface area (Å²) in [5, 5.41) is 5.54. The first-order valence-corrected chi connectivity index (χ1v) is 11.8. The fraction of sp³-hybridized carbons (Fsp3) is 0.348. The Bertz CT molecular complexity index is 1270. The van der Waals surface area contributed by atoms with Gasteiger partial charge in [0.1, 0.15) is 17.6 Å². The molecule has 176 valence electrons. The van der Waals surface area contributed by atoms with Gasteiger partial charge in [-0.05, 0) is 25.1 Å². The van der Waals surface area contributed by atoms with Crippen LogP contribution in [0.15, 0.2) is 29.8 Å². The van der Waals surface area contributed by atoms with Gasteiger partial charge in [-0.3, -0.25) is 9.69 Å². The Morgan fingerprint density at radius 2 is 2.21 bits per heavy atom. The van der Waals surface area contributed by atoms with E-state index in [1.807, 2.05) is 17.2 Å². The van der Waals surface area contributed by atoms with E-state index in [9.17, 15) is 9.59 Å². The largest absolute Gasteiger partial charge is 0.442 e. The van der Waals surface area contributed by atoms with Crippen molar-refractivity contribution in [1.82, 2.24) is 20.3 Å². The Morgan fingerprint density at radius 1 is 1.35 bits per heavy atom. The summed E-state index contributed by atoms with van der Waals surface area (Å²) in [5.41, 5.74) is 3.55. The summed E-state index contributed by atoms with van der Waals surface area (Å²) in [6.07, 6.45) is 1.42. The maximum absolute atomic E-state index is 15.1. The number of carbonyl (C=O) groups excluding carboxylic acids is 2. The van der Waals surface area contributed by atoms with E-state index >= 15 is 4.39 Å². The average Bonchev–Trinajstić information content (AvgIpc) is 3.42. The molecule has 5 rings (SSSR count). The molecule has 0 unspecified atom stereocenters. The zero-order valence-electron chi connectivity index (χ0n) is 18.7. The van der Waals surface area contributed by atoms with Crippen molar-refractivity contribution in [3.8, 4) is 11.5 Å². The Hall–Kier alpha value is -3.60. The molecular weight excluding hydrogens is 459 g/mol. The summed E-state index contributed by atoms with van der Waals surface area (Å²) >= 11 is 1.56. The number of aromatic nitrogens is 3. The average molecular weight is 483 g/mol. The summed E-state index contributed by atoms with van der Waals surface area (Å²) in [4.78, 5) is 40.2. The van der Waals surface area contributed by atoms with Crippen molar-refractivity contribution < 1.29 is 18.7 Å². The highest BCUT2D eigenvalue weighted by Crippen LogP contribution is 2.31. The number of benzene rings is 1. The lowest BCUT2D eigenvalue weighted by Crippen LogP contribution is -2.33. The highest BCUT2D eigenvalue weighted by molar-refractivity contribution is 7.09. The molecule has 0 aliphatic carbocycles. The summed E-state index contributed by atoms with van der Waals surface area (Å²) in [6, 6.07) is 4.73. The third kappa shape index (κ3) is 4.43. The Morgan fingerprint density at radius 3 is 2.94 bits per heavy atom. The van der Waals surface area contributed by atoms with Crippen LogP contribution in [0, 0.1) is 12.7 Å². The quantitative estimate of drug-likeness (QED) is 0.597. The number of nitrogens with zero attached hydrogens (tertiary/aromatic N) is 5. The molecule has 1 aromatic carbocycles. The predicted molar refractivity (Wildman–Crippen MR) is 125 cm³/mol. The van der Waals surface area contributed by atoms with Gasteiger partial charge >= 0.3 is 6.09 Å². The summed E-state index contributed by atoms with van der Waals surface area (Å²) in [6.45, 7) is 4.91. The van der Waals surface area contributed by atoms with Crippen LogP contribution in [0.4, 0.5) is 20.6 Å². The van der Waals surface area contributed by atoms with E-state index in [0.29, 0.717) is 36.7 Å². The lowest BCUT2D eigenvalue weighted by molar-refractivity contribution is -0.119. The zero-order valence-corrected chi connectivity index (χ0v) is 19.6. The van der Waals surface area contributed by atoms with Crippen molar-refractivity contribution in [2.24, 2.45) is 0 Å². The molecule has 2 aromatic heterocycles. The fourth-order valence-corrected chi connectivity index (χ4v) is 4.72. The Balaban J connectivity index is 1.29. The summed E-state index contributed by atoms with van der Waals surface area (Å²) in [7, 11) is 0. The van der Waals surface area contributed by atoms with Gasteiger partial charge in [-0.2, -0.15) is 0 Å². The summed E-state index contributed by atoms with van der Waals surface area (Å²) < 4.78 is 20.4. The van der Waals surface area contributed by atoms with Gasteiger partial charge in [0.15, 0.2) is 5.82 Å². The van der Waals surface area contributed by atoms with Gasteiger partial charge in [-0.15, -0.1) is 11.3 Å². The van der Waals surface area contributed by atoms with Crippen LogP contribution in [0.2, 0.25) is 0 Å². The number of nitrogens with one attached hydrogen (secondary N) is 1. The van der Waals surface area contributed by atoms with E-state index in [2.05, 4.69) is 20.3 Å². The number of hydrogen-bond acceptors (Lipinski definition) is 8. The van der Waals surface area contributed by atoms with Crippen molar-refractivity contribution in [2.75, 3.05) is 29.4 Å². The second-order valence-corrected chi connectivity index (χ2v) is 9.34. The highest BCUT2D eigenvalue weighted by Gasteiger charge is 2.33. The Labute approximate surface area is 199 Å². The van der Waals surface area contributed by atoms with Gasteiger partial charge in [0.25, 0.3) is 0 Å². The number of ether oxygens (including phenoxy) is 1. The minimum Gasteiger partial charge on any atom is -0.442 e. The lowest BCUT2D eigenvalue weighted by atomic mass is 10.1. The van der Waals surface area contributed by atoms with Crippen molar-refractivity contribution in [2.45, 2.75) is 32.9 Å². The number of aryl methyl sites for hydroxylation is 1. The molecule has 1 saturated heterocycles. The predicted octanol–water partition coefficient (Wildman–Crippen LogP) is 3.07. The van der Waals surface area contributed by atoms with Crippen LogP contribution >= 0.6 is 11.3 Å². The van der Waals surface area contributed by atoms with Gasteiger partial charge in [0, 0.05) is 43.6 Å². The minimum absolute atomic E-state index is 0.201. The van der Waals surface area contributed by atoms with Crippen LogP contribution in [-0.4, -0.2) is 52.7 Å². The van der Waals surface area contributed by atoms with E-state index in [-0.39, 0.29) is 19.0 Å². The van der Waals surface area contributed by atoms with E-state index in [1.54, 1.807) is 29.7 Å². The first-order chi connectivity index (χ1) is 16.4. The monoisotopic (exact) mass is 482 g/mol. The van der Waals surface area contributed by atoms with Gasteiger partial charge in [0.2, 0.25) is 5.91 Å². The fourth-order valence-electron chi connectivity index (χ4n) is 4.13. The van der Waals surface area contributed by atoms with Crippen molar-refractivity contribution in [3.63, 3.8) is 0 Å². The molecule has 9 nitrogen and oxygen atoms in total. The van der Waals surface area contributed by atoms with Gasteiger partial charge in [-0.1, -0.05) is 0 Å². The number of anilines is 2. The maximum atomic E-state index is 15.1. The normalized spacial score (nSPS) is 17.5. The van der Waals surface area contributed by atoms with E-state index in [1.165, 1.54) is 17.9 Å². The molecule has 4 heterocycles. The van der Waals surface area contributed by atoms with E-state index in [4.69, 9.17) is 4.74 Å². The number of amides is 2. The third-order valence-corrected chi connectivity index (χ3v) is 6.59. The summed E-state index contributed by atoms with van der Waals surface area (Å²) in [5.74, 6) is -0.0104. The first kappa shape index (κ1) is 22.2.